The van der Waals surface area contributed by atoms with Crippen molar-refractivity contribution in [3.8, 4) is 0 Å². The van der Waals surface area contributed by atoms with E-state index >= 15 is 0 Å². The molecule has 0 fully saturated rings. The van der Waals surface area contributed by atoms with E-state index < -0.39 is 29.3 Å². The first kappa shape index (κ1) is 10.9. The Bertz CT molecular complexity index is 434. The maximum absolute atomic E-state index is 12.9. The number of rotatable bonds is 1. The van der Waals surface area contributed by atoms with Crippen LogP contribution in [0.15, 0.2) is 12.1 Å². The highest BCUT2D eigenvalue weighted by Crippen LogP contribution is 2.19. The van der Waals surface area contributed by atoms with E-state index in [4.69, 9.17) is 11.1 Å². The predicted molar refractivity (Wildman–Crippen MR) is 48.3 cm³/mol. The van der Waals surface area contributed by atoms with E-state index in [1.807, 2.05) is 0 Å². The number of ether oxygens (including phenoxy) is 1. The average Bonchev–Trinajstić information content (AvgIpc) is 2.13. The van der Waals surface area contributed by atoms with Crippen LogP contribution in [0.2, 0.25) is 0 Å². The molecule has 0 saturated carbocycles. The Kier molecular flexibility index (Phi) is 2.84. The van der Waals surface area contributed by atoms with Gasteiger partial charge in [-0.15, -0.1) is 0 Å². The van der Waals surface area contributed by atoms with Gasteiger partial charge >= 0.3 is 6.09 Å². The van der Waals surface area contributed by atoms with Crippen molar-refractivity contribution in [2.45, 2.75) is 0 Å². The molecule has 1 rings (SSSR count). The molecule has 15 heavy (non-hydrogen) atoms. The van der Waals surface area contributed by atoms with E-state index in [0.29, 0.717) is 0 Å². The van der Waals surface area contributed by atoms with Crippen molar-refractivity contribution in [1.82, 2.24) is 0 Å². The summed E-state index contributed by atoms with van der Waals surface area (Å²) in [5, 5.41) is 7.18. The summed E-state index contributed by atoms with van der Waals surface area (Å²) < 4.78 is 29.7. The van der Waals surface area contributed by atoms with Crippen LogP contribution in [0.5, 0.6) is 0 Å². The monoisotopic (exact) mass is 215 g/mol. The third-order valence-electron chi connectivity index (χ3n) is 1.58. The molecule has 0 unspecified atom stereocenters. The SMILES string of the molecule is N=C(OC(N)=O)c1ccc(F)c(F)c1N. The predicted octanol–water partition coefficient (Wildman–Crippen LogP) is 0.968. The second-order valence-electron chi connectivity index (χ2n) is 2.57. The second-order valence-corrected chi connectivity index (χ2v) is 2.57. The number of halogens is 2. The Balaban J connectivity index is 3.11. The van der Waals surface area contributed by atoms with Crippen molar-refractivity contribution < 1.29 is 18.3 Å². The van der Waals surface area contributed by atoms with Gasteiger partial charge in [0, 0.05) is 0 Å². The summed E-state index contributed by atoms with van der Waals surface area (Å²) in [5.41, 5.74) is 8.96. The highest BCUT2D eigenvalue weighted by atomic mass is 19.2. The van der Waals surface area contributed by atoms with Gasteiger partial charge in [0.05, 0.1) is 11.3 Å². The molecule has 1 amide bonds. The maximum atomic E-state index is 12.9. The van der Waals surface area contributed by atoms with Gasteiger partial charge in [-0.25, -0.2) is 13.6 Å². The molecule has 0 aliphatic carbocycles. The maximum Gasteiger partial charge on any atom is 0.411 e. The summed E-state index contributed by atoms with van der Waals surface area (Å²) in [5.74, 6) is -3.19. The van der Waals surface area contributed by atoms with Crippen molar-refractivity contribution in [1.29, 1.82) is 5.41 Å². The number of hydrogen-bond acceptors (Lipinski definition) is 4. The third-order valence-corrected chi connectivity index (χ3v) is 1.58. The van der Waals surface area contributed by atoms with Crippen LogP contribution in [0.1, 0.15) is 5.56 Å². The molecule has 0 bridgehead atoms. The fraction of sp³-hybridized carbons (Fsp3) is 0. The highest BCUT2D eigenvalue weighted by molar-refractivity contribution is 6.01. The minimum Gasteiger partial charge on any atom is -0.396 e. The summed E-state index contributed by atoms with van der Waals surface area (Å²) >= 11 is 0. The minimum absolute atomic E-state index is 0.243. The van der Waals surface area contributed by atoms with Crippen molar-refractivity contribution in [2.24, 2.45) is 5.73 Å². The number of anilines is 1. The molecule has 5 N–H and O–H groups in total. The molecule has 1 aromatic rings. The number of nitrogens with two attached hydrogens (primary N) is 2. The van der Waals surface area contributed by atoms with Crippen molar-refractivity contribution >= 4 is 17.7 Å². The molecule has 0 spiro atoms. The summed E-state index contributed by atoms with van der Waals surface area (Å²) in [6.45, 7) is 0. The number of primary amides is 1. The van der Waals surface area contributed by atoms with E-state index in [1.54, 1.807) is 0 Å². The minimum atomic E-state index is -1.30. The van der Waals surface area contributed by atoms with Crippen LogP contribution in [0, 0.1) is 17.0 Å². The molecule has 0 heterocycles. The normalized spacial score (nSPS) is 9.73. The molecule has 0 aliphatic heterocycles. The van der Waals surface area contributed by atoms with Gasteiger partial charge in [-0.1, -0.05) is 0 Å². The lowest BCUT2D eigenvalue weighted by atomic mass is 10.1. The van der Waals surface area contributed by atoms with Crippen molar-refractivity contribution in [3.63, 3.8) is 0 Å². The standard InChI is InChI=1S/C8H7F2N3O2/c9-4-2-1-3(6(11)5(4)10)7(12)15-8(13)14/h1-2,12H,11H2,(H2,13,14). The first-order valence-electron chi connectivity index (χ1n) is 3.73. The number of nitrogen functional groups attached to an aromatic ring is 1. The van der Waals surface area contributed by atoms with Crippen LogP contribution >= 0.6 is 0 Å². The van der Waals surface area contributed by atoms with Crippen LogP contribution in [0.3, 0.4) is 0 Å². The molecule has 0 aromatic heterocycles. The Labute approximate surface area is 83.1 Å². The largest absolute Gasteiger partial charge is 0.411 e. The van der Waals surface area contributed by atoms with Gasteiger partial charge in [-0.3, -0.25) is 5.41 Å². The van der Waals surface area contributed by atoms with E-state index in [2.05, 4.69) is 10.5 Å². The van der Waals surface area contributed by atoms with Gasteiger partial charge in [0.2, 0.25) is 5.90 Å². The average molecular weight is 215 g/mol. The lowest BCUT2D eigenvalue weighted by Crippen LogP contribution is -2.19. The first-order valence-corrected chi connectivity index (χ1v) is 3.73. The van der Waals surface area contributed by atoms with E-state index in [-0.39, 0.29) is 5.56 Å². The molecular weight excluding hydrogens is 208 g/mol. The molecule has 0 saturated heterocycles. The molecule has 0 radical (unpaired) electrons. The number of carbonyl (C=O) groups is 1. The van der Waals surface area contributed by atoms with E-state index in [0.717, 1.165) is 12.1 Å². The molecule has 7 heteroatoms. The van der Waals surface area contributed by atoms with Crippen LogP contribution in [0.25, 0.3) is 0 Å². The Morgan fingerprint density at radius 1 is 1.40 bits per heavy atom. The zero-order valence-corrected chi connectivity index (χ0v) is 7.38. The zero-order valence-electron chi connectivity index (χ0n) is 7.38. The molecule has 0 aliphatic rings. The van der Waals surface area contributed by atoms with Crippen LogP contribution < -0.4 is 11.5 Å². The number of nitrogens with one attached hydrogen (secondary N) is 1. The molecule has 80 valence electrons. The lowest BCUT2D eigenvalue weighted by Gasteiger charge is -2.07. The fourth-order valence-electron chi connectivity index (χ4n) is 0.920. The molecule has 0 atom stereocenters. The molecular formula is C8H7F2N3O2. The van der Waals surface area contributed by atoms with Crippen molar-refractivity contribution in [2.75, 3.05) is 5.73 Å². The summed E-state index contributed by atoms with van der Waals surface area (Å²) in [6, 6.07) is 1.78. The van der Waals surface area contributed by atoms with Gasteiger partial charge in [-0.2, -0.15) is 0 Å². The van der Waals surface area contributed by atoms with Gasteiger partial charge in [0.15, 0.2) is 11.6 Å². The fourth-order valence-corrected chi connectivity index (χ4v) is 0.920. The molecule has 1 aromatic carbocycles. The topological polar surface area (TPSA) is 102 Å². The summed E-state index contributed by atoms with van der Waals surface area (Å²) in [6.07, 6.45) is -1.23. The van der Waals surface area contributed by atoms with Gasteiger partial charge in [0.25, 0.3) is 0 Å². The lowest BCUT2D eigenvalue weighted by molar-refractivity contribution is 0.208. The Morgan fingerprint density at radius 2 is 2.00 bits per heavy atom. The number of amides is 1. The smallest absolute Gasteiger partial charge is 0.396 e. The van der Waals surface area contributed by atoms with Crippen LogP contribution in [-0.4, -0.2) is 12.0 Å². The van der Waals surface area contributed by atoms with Crippen molar-refractivity contribution in [3.05, 3.63) is 29.3 Å². The van der Waals surface area contributed by atoms with E-state index in [9.17, 15) is 13.6 Å². The first-order chi connectivity index (χ1) is 6.93. The number of benzene rings is 1. The van der Waals surface area contributed by atoms with Crippen LogP contribution in [-0.2, 0) is 4.74 Å². The van der Waals surface area contributed by atoms with Gasteiger partial charge < -0.3 is 16.2 Å². The number of hydrogen-bond donors (Lipinski definition) is 3. The zero-order chi connectivity index (χ0) is 11.6. The van der Waals surface area contributed by atoms with E-state index in [1.165, 1.54) is 0 Å². The Hall–Kier alpha value is -2.18. The number of carbonyl (C=O) groups excluding carboxylic acids is 1. The second kappa shape index (κ2) is 3.91. The van der Waals surface area contributed by atoms with Gasteiger partial charge in [0.1, 0.15) is 0 Å². The van der Waals surface area contributed by atoms with Gasteiger partial charge in [-0.05, 0) is 12.1 Å². The Morgan fingerprint density at radius 3 is 2.53 bits per heavy atom. The quantitative estimate of drug-likeness (QED) is 0.369. The summed E-state index contributed by atoms with van der Waals surface area (Å²) in [4.78, 5) is 10.3. The summed E-state index contributed by atoms with van der Waals surface area (Å²) in [7, 11) is 0. The van der Waals surface area contributed by atoms with Crippen LogP contribution in [0.4, 0.5) is 19.3 Å². The third kappa shape index (κ3) is 2.19. The molecule has 5 nitrogen and oxygen atoms in total. The highest BCUT2D eigenvalue weighted by Gasteiger charge is 2.15.